The zero-order valence-electron chi connectivity index (χ0n) is 10.4. The molecule has 1 saturated heterocycles. The largest absolute Gasteiger partial charge is 0.390 e. The summed E-state index contributed by atoms with van der Waals surface area (Å²) in [6.07, 6.45) is 9.55. The van der Waals surface area contributed by atoms with Crippen LogP contribution in [0.1, 0.15) is 32.1 Å². The van der Waals surface area contributed by atoms with Gasteiger partial charge in [0, 0.05) is 18.9 Å². The maximum Gasteiger partial charge on any atom is 0.226 e. The molecule has 2 aliphatic carbocycles. The van der Waals surface area contributed by atoms with Crippen molar-refractivity contribution in [2.45, 2.75) is 56.5 Å². The maximum absolute atomic E-state index is 12.1. The Bertz CT molecular complexity index is 385. The van der Waals surface area contributed by atoms with E-state index >= 15 is 0 Å². The number of likely N-dealkylation sites (tertiary alicyclic amines) is 1. The summed E-state index contributed by atoms with van der Waals surface area (Å²) in [5.41, 5.74) is 0. The first kappa shape index (κ1) is 12.0. The van der Waals surface area contributed by atoms with Crippen LogP contribution in [0.25, 0.3) is 0 Å². The zero-order valence-corrected chi connectivity index (χ0v) is 10.4. The van der Waals surface area contributed by atoms with Crippen LogP contribution in [0.2, 0.25) is 0 Å². The van der Waals surface area contributed by atoms with Crippen LogP contribution in [0.4, 0.5) is 0 Å². The molecular weight excluding hydrogens is 230 g/mol. The van der Waals surface area contributed by atoms with E-state index < -0.39 is 0 Å². The lowest BCUT2D eigenvalue weighted by atomic mass is 9.92. The van der Waals surface area contributed by atoms with E-state index in [0.29, 0.717) is 13.0 Å². The van der Waals surface area contributed by atoms with Crippen molar-refractivity contribution in [2.75, 3.05) is 6.54 Å². The number of amides is 1. The first-order chi connectivity index (χ1) is 8.69. The third-order valence-corrected chi connectivity index (χ3v) is 4.21. The van der Waals surface area contributed by atoms with E-state index in [4.69, 9.17) is 11.2 Å². The van der Waals surface area contributed by atoms with Gasteiger partial charge >= 0.3 is 0 Å². The molecule has 0 bridgehead atoms. The van der Waals surface area contributed by atoms with E-state index in [1.807, 2.05) is 0 Å². The fraction of sp³-hybridized carbons (Fsp3) is 0.786. The third kappa shape index (κ3) is 2.13. The molecule has 1 heterocycles. The Balaban J connectivity index is 1.59. The molecular formula is C14H19NO3. The van der Waals surface area contributed by atoms with Crippen LogP contribution in [0.3, 0.4) is 0 Å². The summed E-state index contributed by atoms with van der Waals surface area (Å²) in [5.74, 6) is 3.09. The fourth-order valence-corrected chi connectivity index (χ4v) is 2.72. The number of rotatable bonds is 3. The monoisotopic (exact) mass is 249 g/mol. The van der Waals surface area contributed by atoms with Gasteiger partial charge in [-0.1, -0.05) is 5.92 Å². The second-order valence-corrected chi connectivity index (χ2v) is 5.62. The summed E-state index contributed by atoms with van der Waals surface area (Å²) in [4.78, 5) is 13.9. The van der Waals surface area contributed by atoms with Gasteiger partial charge in [-0.25, -0.2) is 0 Å². The molecule has 3 rings (SSSR count). The Labute approximate surface area is 107 Å². The van der Waals surface area contributed by atoms with Gasteiger partial charge < -0.3 is 14.7 Å². The molecule has 4 heteroatoms. The molecule has 18 heavy (non-hydrogen) atoms. The highest BCUT2D eigenvalue weighted by molar-refractivity contribution is 5.82. The Morgan fingerprint density at radius 3 is 2.61 bits per heavy atom. The van der Waals surface area contributed by atoms with Gasteiger partial charge in [0.15, 0.2) is 0 Å². The van der Waals surface area contributed by atoms with Crippen LogP contribution in [0, 0.1) is 18.3 Å². The van der Waals surface area contributed by atoms with E-state index in [0.717, 1.165) is 25.7 Å². The summed E-state index contributed by atoms with van der Waals surface area (Å²) < 4.78 is 5.83. The maximum atomic E-state index is 12.1. The molecule has 98 valence electrons. The Morgan fingerprint density at radius 2 is 2.11 bits per heavy atom. The number of nitrogens with zero attached hydrogens (tertiary/aromatic N) is 1. The SMILES string of the molecule is C#C[C@H]1C[C@H](O[C@@H]2CC[C@H]2O)CN1C(=O)C1CC1. The number of ether oxygens (including phenoxy) is 1. The Morgan fingerprint density at radius 1 is 1.33 bits per heavy atom. The highest BCUT2D eigenvalue weighted by Gasteiger charge is 2.43. The van der Waals surface area contributed by atoms with Crippen LogP contribution in [-0.4, -0.2) is 46.8 Å². The minimum absolute atomic E-state index is 0.00583. The lowest BCUT2D eigenvalue weighted by Crippen LogP contribution is -2.42. The predicted molar refractivity (Wildman–Crippen MR) is 65.6 cm³/mol. The average Bonchev–Trinajstić information content (AvgIpc) is 3.13. The van der Waals surface area contributed by atoms with Gasteiger partial charge in [0.05, 0.1) is 24.4 Å². The summed E-state index contributed by atoms with van der Waals surface area (Å²) >= 11 is 0. The third-order valence-electron chi connectivity index (χ3n) is 4.21. The van der Waals surface area contributed by atoms with Crippen LogP contribution in [-0.2, 0) is 9.53 Å². The number of carbonyl (C=O) groups excluding carboxylic acids is 1. The molecule has 1 amide bonds. The fourth-order valence-electron chi connectivity index (χ4n) is 2.72. The Kier molecular flexibility index (Phi) is 3.04. The minimum atomic E-state index is -0.331. The first-order valence-corrected chi connectivity index (χ1v) is 6.79. The number of hydrogen-bond acceptors (Lipinski definition) is 3. The van der Waals surface area contributed by atoms with E-state index in [-0.39, 0.29) is 36.2 Å². The van der Waals surface area contributed by atoms with Crippen molar-refractivity contribution in [3.8, 4) is 12.3 Å². The molecule has 0 aromatic heterocycles. The van der Waals surface area contributed by atoms with Gasteiger partial charge in [-0.2, -0.15) is 0 Å². The topological polar surface area (TPSA) is 49.8 Å². The molecule has 3 fully saturated rings. The highest BCUT2D eigenvalue weighted by atomic mass is 16.5. The summed E-state index contributed by atoms with van der Waals surface area (Å²) in [6.45, 7) is 0.591. The van der Waals surface area contributed by atoms with Crippen molar-refractivity contribution in [3.63, 3.8) is 0 Å². The van der Waals surface area contributed by atoms with E-state index in [1.165, 1.54) is 0 Å². The second kappa shape index (κ2) is 4.56. The van der Waals surface area contributed by atoms with E-state index in [1.54, 1.807) is 4.90 Å². The standard InChI is InChI=1S/C14H19NO3/c1-2-10-7-11(18-13-6-5-12(13)16)8-15(10)14(17)9-3-4-9/h1,9-13,16H,3-8H2/t10-,11-,12+,13+/m0/s1. The normalized spacial score (nSPS) is 39.2. The number of aliphatic hydroxyl groups is 1. The number of carbonyl (C=O) groups is 1. The molecule has 4 atom stereocenters. The lowest BCUT2D eigenvalue weighted by molar-refractivity contribution is -0.136. The van der Waals surface area contributed by atoms with Gasteiger partial charge in [0.1, 0.15) is 0 Å². The molecule has 2 saturated carbocycles. The van der Waals surface area contributed by atoms with Crippen molar-refractivity contribution in [1.82, 2.24) is 4.90 Å². The van der Waals surface area contributed by atoms with Crippen LogP contribution in [0.15, 0.2) is 0 Å². The Hall–Kier alpha value is -1.05. The van der Waals surface area contributed by atoms with Crippen molar-refractivity contribution < 1.29 is 14.6 Å². The van der Waals surface area contributed by atoms with Gasteiger partial charge in [-0.15, -0.1) is 6.42 Å². The van der Waals surface area contributed by atoms with E-state index in [9.17, 15) is 9.90 Å². The lowest BCUT2D eigenvalue weighted by Gasteiger charge is -2.34. The summed E-state index contributed by atoms with van der Waals surface area (Å²) in [6, 6.07) is -0.125. The molecule has 0 spiro atoms. The molecule has 3 aliphatic rings. The van der Waals surface area contributed by atoms with Crippen LogP contribution < -0.4 is 0 Å². The summed E-state index contributed by atoms with van der Waals surface area (Å²) in [7, 11) is 0. The molecule has 0 unspecified atom stereocenters. The van der Waals surface area contributed by atoms with Crippen molar-refractivity contribution >= 4 is 5.91 Å². The van der Waals surface area contributed by atoms with Gasteiger partial charge in [-0.3, -0.25) is 4.79 Å². The van der Waals surface area contributed by atoms with E-state index in [2.05, 4.69) is 5.92 Å². The van der Waals surface area contributed by atoms with Gasteiger partial charge in [0.2, 0.25) is 5.91 Å². The number of terminal acetylenes is 1. The van der Waals surface area contributed by atoms with Crippen LogP contribution in [0.5, 0.6) is 0 Å². The number of aliphatic hydroxyl groups excluding tert-OH is 1. The summed E-state index contributed by atoms with van der Waals surface area (Å²) in [5, 5.41) is 9.52. The first-order valence-electron chi connectivity index (χ1n) is 6.79. The van der Waals surface area contributed by atoms with Crippen molar-refractivity contribution in [2.24, 2.45) is 5.92 Å². The average molecular weight is 249 g/mol. The van der Waals surface area contributed by atoms with Crippen LogP contribution >= 0.6 is 0 Å². The number of hydrogen-bond donors (Lipinski definition) is 1. The highest BCUT2D eigenvalue weighted by Crippen LogP contribution is 2.35. The quantitative estimate of drug-likeness (QED) is 0.743. The molecule has 4 nitrogen and oxygen atoms in total. The predicted octanol–water partition coefficient (Wildman–Crippen LogP) is 0.539. The smallest absolute Gasteiger partial charge is 0.226 e. The molecule has 0 radical (unpaired) electrons. The van der Waals surface area contributed by atoms with Gasteiger partial charge in [0.25, 0.3) is 0 Å². The van der Waals surface area contributed by atoms with Gasteiger partial charge in [-0.05, 0) is 25.7 Å². The van der Waals surface area contributed by atoms with Crippen molar-refractivity contribution in [3.05, 3.63) is 0 Å². The molecule has 1 N–H and O–H groups in total. The van der Waals surface area contributed by atoms with Crippen molar-refractivity contribution in [1.29, 1.82) is 0 Å². The zero-order chi connectivity index (χ0) is 12.7. The molecule has 0 aromatic rings. The second-order valence-electron chi connectivity index (χ2n) is 5.62. The molecule has 0 aromatic carbocycles. The minimum Gasteiger partial charge on any atom is -0.390 e. The molecule has 1 aliphatic heterocycles.